The molecule has 19 heavy (non-hydrogen) atoms. The molecule has 1 aromatic carbocycles. The van der Waals surface area contributed by atoms with Gasteiger partial charge in [-0.2, -0.15) is 0 Å². The van der Waals surface area contributed by atoms with Crippen molar-refractivity contribution in [3.05, 3.63) is 47.3 Å². The second-order valence-corrected chi connectivity index (χ2v) is 4.25. The number of aryl methyl sites for hydroxylation is 1. The van der Waals surface area contributed by atoms with Crippen molar-refractivity contribution in [3.63, 3.8) is 0 Å². The summed E-state index contributed by atoms with van der Waals surface area (Å²) in [7, 11) is 0. The van der Waals surface area contributed by atoms with Crippen molar-refractivity contribution in [1.29, 1.82) is 0 Å². The molecule has 2 N–H and O–H groups in total. The predicted octanol–water partition coefficient (Wildman–Crippen LogP) is 2.34. The van der Waals surface area contributed by atoms with E-state index in [4.69, 9.17) is 4.52 Å². The maximum absolute atomic E-state index is 11.8. The molecule has 0 spiro atoms. The summed E-state index contributed by atoms with van der Waals surface area (Å²) >= 11 is 0. The predicted molar refractivity (Wildman–Crippen MR) is 73.0 cm³/mol. The minimum atomic E-state index is -0.267. The number of nitrogens with zero attached hydrogens (tertiary/aromatic N) is 1. The number of anilines is 1. The van der Waals surface area contributed by atoms with Gasteiger partial charge in [-0.15, -0.1) is 0 Å². The van der Waals surface area contributed by atoms with Gasteiger partial charge >= 0.3 is 0 Å². The van der Waals surface area contributed by atoms with Gasteiger partial charge in [0.15, 0.2) is 5.69 Å². The van der Waals surface area contributed by atoms with Crippen LogP contribution in [0.15, 0.2) is 34.9 Å². The number of carbonyl (C=O) groups excluding carboxylic acids is 1. The highest BCUT2D eigenvalue weighted by Crippen LogP contribution is 2.11. The second kappa shape index (κ2) is 6.15. The van der Waals surface area contributed by atoms with E-state index in [-0.39, 0.29) is 11.6 Å². The van der Waals surface area contributed by atoms with Crippen molar-refractivity contribution in [2.45, 2.75) is 20.4 Å². The Bertz CT molecular complexity index is 546. The lowest BCUT2D eigenvalue weighted by Gasteiger charge is -2.05. The van der Waals surface area contributed by atoms with Crippen LogP contribution in [-0.4, -0.2) is 17.6 Å². The fourth-order valence-electron chi connectivity index (χ4n) is 1.64. The lowest BCUT2D eigenvalue weighted by Crippen LogP contribution is -2.13. The Morgan fingerprint density at radius 1 is 1.32 bits per heavy atom. The molecule has 0 aliphatic rings. The van der Waals surface area contributed by atoms with Crippen molar-refractivity contribution in [1.82, 2.24) is 10.5 Å². The van der Waals surface area contributed by atoms with Gasteiger partial charge in [0, 0.05) is 18.3 Å². The Kier molecular flexibility index (Phi) is 4.30. The minimum Gasteiger partial charge on any atom is -0.361 e. The zero-order chi connectivity index (χ0) is 13.7. The fourth-order valence-corrected chi connectivity index (χ4v) is 1.64. The minimum absolute atomic E-state index is 0.267. The summed E-state index contributed by atoms with van der Waals surface area (Å²) in [5.41, 5.74) is 2.21. The fraction of sp³-hybridized carbons (Fsp3) is 0.286. The zero-order valence-electron chi connectivity index (χ0n) is 11.1. The summed E-state index contributed by atoms with van der Waals surface area (Å²) in [6, 6.07) is 9.31. The normalized spacial score (nSPS) is 10.4. The van der Waals surface area contributed by atoms with Crippen molar-refractivity contribution in [2.75, 3.05) is 11.9 Å². The van der Waals surface area contributed by atoms with Crippen LogP contribution in [0.5, 0.6) is 0 Å². The number of aromatic nitrogens is 1. The average Bonchev–Trinajstić information content (AvgIpc) is 2.85. The molecule has 1 heterocycles. The molecule has 1 amide bonds. The van der Waals surface area contributed by atoms with E-state index in [1.807, 2.05) is 24.3 Å². The van der Waals surface area contributed by atoms with Gasteiger partial charge < -0.3 is 15.2 Å². The van der Waals surface area contributed by atoms with Crippen LogP contribution in [0.2, 0.25) is 0 Å². The number of amides is 1. The summed E-state index contributed by atoms with van der Waals surface area (Å²) in [6.45, 7) is 5.57. The molecule has 0 bridgehead atoms. The number of nitrogens with one attached hydrogen (secondary N) is 2. The molecule has 2 aromatic rings. The summed E-state index contributed by atoms with van der Waals surface area (Å²) < 4.78 is 4.87. The Labute approximate surface area is 112 Å². The van der Waals surface area contributed by atoms with E-state index in [1.165, 1.54) is 5.56 Å². The van der Waals surface area contributed by atoms with E-state index in [1.54, 1.807) is 13.0 Å². The summed E-state index contributed by atoms with van der Waals surface area (Å²) in [4.78, 5) is 11.8. The van der Waals surface area contributed by atoms with Crippen LogP contribution in [0.1, 0.15) is 28.7 Å². The molecule has 0 radical (unpaired) electrons. The molecule has 0 atom stereocenters. The quantitative estimate of drug-likeness (QED) is 0.865. The summed E-state index contributed by atoms with van der Waals surface area (Å²) in [5, 5.41) is 9.69. The van der Waals surface area contributed by atoms with Crippen molar-refractivity contribution in [2.24, 2.45) is 0 Å². The van der Waals surface area contributed by atoms with Gasteiger partial charge in [-0.1, -0.05) is 24.2 Å². The maximum Gasteiger partial charge on any atom is 0.277 e. The number of hydrogen-bond acceptors (Lipinski definition) is 4. The number of rotatable bonds is 5. The standard InChI is InChI=1S/C14H17N3O2/c1-3-15-9-11-4-6-12(7-5-11)16-14(18)13-8-10(2)19-17-13/h4-8,15H,3,9H2,1-2H3,(H,16,18). The first-order valence-electron chi connectivity index (χ1n) is 6.23. The highest BCUT2D eigenvalue weighted by molar-refractivity contribution is 6.02. The highest BCUT2D eigenvalue weighted by Gasteiger charge is 2.10. The first-order valence-corrected chi connectivity index (χ1v) is 6.23. The second-order valence-electron chi connectivity index (χ2n) is 4.25. The van der Waals surface area contributed by atoms with Gasteiger partial charge in [0.25, 0.3) is 5.91 Å². The molecule has 1 aromatic heterocycles. The van der Waals surface area contributed by atoms with Gasteiger partial charge in [-0.25, -0.2) is 0 Å². The molecular weight excluding hydrogens is 242 g/mol. The molecule has 100 valence electrons. The monoisotopic (exact) mass is 259 g/mol. The van der Waals surface area contributed by atoms with Crippen molar-refractivity contribution < 1.29 is 9.32 Å². The number of carbonyl (C=O) groups is 1. The van der Waals surface area contributed by atoms with E-state index in [0.717, 1.165) is 18.8 Å². The van der Waals surface area contributed by atoms with Gasteiger partial charge in [-0.05, 0) is 31.2 Å². The van der Waals surface area contributed by atoms with Crippen LogP contribution in [0.25, 0.3) is 0 Å². The Hall–Kier alpha value is -2.14. The molecule has 0 fully saturated rings. The van der Waals surface area contributed by atoms with Crippen LogP contribution in [0.3, 0.4) is 0 Å². The van der Waals surface area contributed by atoms with Gasteiger partial charge in [0.2, 0.25) is 0 Å². The third-order valence-corrected chi connectivity index (χ3v) is 2.65. The van der Waals surface area contributed by atoms with Gasteiger partial charge in [0.05, 0.1) is 0 Å². The van der Waals surface area contributed by atoms with E-state index >= 15 is 0 Å². The van der Waals surface area contributed by atoms with E-state index in [2.05, 4.69) is 22.7 Å². The molecule has 0 unspecified atom stereocenters. The number of benzene rings is 1. The van der Waals surface area contributed by atoms with Crippen LogP contribution in [-0.2, 0) is 6.54 Å². The highest BCUT2D eigenvalue weighted by atomic mass is 16.5. The number of hydrogen-bond donors (Lipinski definition) is 2. The van der Waals surface area contributed by atoms with Gasteiger partial charge in [-0.3, -0.25) is 4.79 Å². The summed E-state index contributed by atoms with van der Waals surface area (Å²) in [6.07, 6.45) is 0. The van der Waals surface area contributed by atoms with Crippen LogP contribution < -0.4 is 10.6 Å². The average molecular weight is 259 g/mol. The van der Waals surface area contributed by atoms with E-state index in [9.17, 15) is 4.79 Å². The topological polar surface area (TPSA) is 67.2 Å². The molecule has 0 saturated heterocycles. The maximum atomic E-state index is 11.8. The van der Waals surface area contributed by atoms with E-state index < -0.39 is 0 Å². The molecular formula is C14H17N3O2. The summed E-state index contributed by atoms with van der Waals surface area (Å²) in [5.74, 6) is 0.349. The first kappa shape index (κ1) is 13.3. The molecule has 0 saturated carbocycles. The Morgan fingerprint density at radius 2 is 2.05 bits per heavy atom. The van der Waals surface area contributed by atoms with Crippen molar-refractivity contribution >= 4 is 11.6 Å². The third kappa shape index (κ3) is 3.66. The van der Waals surface area contributed by atoms with Crippen molar-refractivity contribution in [3.8, 4) is 0 Å². The van der Waals surface area contributed by atoms with Crippen LogP contribution in [0, 0.1) is 6.92 Å². The molecule has 0 aliphatic carbocycles. The third-order valence-electron chi connectivity index (χ3n) is 2.65. The lowest BCUT2D eigenvalue weighted by molar-refractivity contribution is 0.101. The largest absolute Gasteiger partial charge is 0.361 e. The van der Waals surface area contributed by atoms with Crippen LogP contribution in [0.4, 0.5) is 5.69 Å². The molecule has 5 nitrogen and oxygen atoms in total. The lowest BCUT2D eigenvalue weighted by atomic mass is 10.2. The Morgan fingerprint density at radius 3 is 2.63 bits per heavy atom. The zero-order valence-corrected chi connectivity index (χ0v) is 11.1. The SMILES string of the molecule is CCNCc1ccc(NC(=O)c2cc(C)on2)cc1. The smallest absolute Gasteiger partial charge is 0.277 e. The first-order chi connectivity index (χ1) is 9.19. The molecule has 2 rings (SSSR count). The molecule has 0 aliphatic heterocycles. The van der Waals surface area contributed by atoms with Gasteiger partial charge in [0.1, 0.15) is 5.76 Å². The van der Waals surface area contributed by atoms with E-state index in [0.29, 0.717) is 5.76 Å². The Balaban J connectivity index is 1.97. The van der Waals surface area contributed by atoms with Crippen LogP contribution >= 0.6 is 0 Å². The molecule has 5 heteroatoms.